The van der Waals surface area contributed by atoms with Crippen molar-refractivity contribution in [3.05, 3.63) is 17.0 Å². The monoisotopic (exact) mass is 179 g/mol. The maximum atomic E-state index is 5.20. The number of nitrogens with zero attached hydrogens (tertiary/aromatic N) is 1. The van der Waals surface area contributed by atoms with Gasteiger partial charge in [-0.3, -0.25) is 0 Å². The molecule has 0 unspecified atom stereocenters. The molecule has 1 fully saturated rings. The zero-order valence-electron chi connectivity index (χ0n) is 8.47. The van der Waals surface area contributed by atoms with Gasteiger partial charge in [-0.25, -0.2) is 0 Å². The minimum atomic E-state index is 0.672. The predicted molar refractivity (Wildman–Crippen MR) is 51.8 cm³/mol. The Balaban J connectivity index is 2.18. The van der Waals surface area contributed by atoms with Crippen LogP contribution >= 0.6 is 0 Å². The molecule has 0 atom stereocenters. The van der Waals surface area contributed by atoms with Gasteiger partial charge in [-0.2, -0.15) is 0 Å². The van der Waals surface area contributed by atoms with Crippen molar-refractivity contribution in [1.82, 2.24) is 5.16 Å². The lowest BCUT2D eigenvalue weighted by atomic mass is 9.85. The fourth-order valence-electron chi connectivity index (χ4n) is 2.19. The van der Waals surface area contributed by atoms with Crippen LogP contribution in [0.4, 0.5) is 0 Å². The van der Waals surface area contributed by atoms with Crippen molar-refractivity contribution in [3.63, 3.8) is 0 Å². The molecule has 0 saturated heterocycles. The molecule has 1 aromatic rings. The molecule has 1 aliphatic rings. The van der Waals surface area contributed by atoms with Gasteiger partial charge in [0.1, 0.15) is 5.76 Å². The molecule has 2 nitrogen and oxygen atoms in total. The Bertz CT molecular complexity index is 284. The Morgan fingerprint density at radius 2 is 1.85 bits per heavy atom. The second kappa shape index (κ2) is 3.52. The SMILES string of the molecule is Cc1onc(C2CCCCC2)c1C. The molecule has 2 heteroatoms. The van der Waals surface area contributed by atoms with Gasteiger partial charge in [0.15, 0.2) is 0 Å². The molecule has 0 amide bonds. The first-order valence-electron chi connectivity index (χ1n) is 5.22. The molecule has 0 N–H and O–H groups in total. The van der Waals surface area contributed by atoms with Gasteiger partial charge in [-0.1, -0.05) is 24.4 Å². The molecular formula is C11H17NO. The average molecular weight is 179 g/mol. The Hall–Kier alpha value is -0.790. The summed E-state index contributed by atoms with van der Waals surface area (Å²) in [5.41, 5.74) is 2.49. The molecule has 1 aliphatic carbocycles. The molecule has 0 aromatic carbocycles. The first-order chi connectivity index (χ1) is 6.29. The third kappa shape index (κ3) is 1.62. The number of hydrogen-bond donors (Lipinski definition) is 0. The van der Waals surface area contributed by atoms with Gasteiger partial charge in [-0.15, -0.1) is 0 Å². The van der Waals surface area contributed by atoms with Crippen LogP contribution in [-0.2, 0) is 0 Å². The van der Waals surface area contributed by atoms with Crippen molar-refractivity contribution in [1.29, 1.82) is 0 Å². The van der Waals surface area contributed by atoms with Crippen molar-refractivity contribution in [2.75, 3.05) is 0 Å². The van der Waals surface area contributed by atoms with Crippen LogP contribution in [0.5, 0.6) is 0 Å². The number of rotatable bonds is 1. The highest BCUT2D eigenvalue weighted by Gasteiger charge is 2.21. The van der Waals surface area contributed by atoms with Crippen LogP contribution in [0.15, 0.2) is 4.52 Å². The fourth-order valence-corrected chi connectivity index (χ4v) is 2.19. The summed E-state index contributed by atoms with van der Waals surface area (Å²) in [6.45, 7) is 4.12. The lowest BCUT2D eigenvalue weighted by Gasteiger charge is -2.19. The van der Waals surface area contributed by atoms with Crippen molar-refractivity contribution in [2.45, 2.75) is 51.9 Å². The van der Waals surface area contributed by atoms with Crippen molar-refractivity contribution in [3.8, 4) is 0 Å². The third-order valence-corrected chi connectivity index (χ3v) is 3.19. The maximum absolute atomic E-state index is 5.20. The largest absolute Gasteiger partial charge is 0.361 e. The second-order valence-electron chi connectivity index (χ2n) is 4.08. The number of aromatic nitrogens is 1. The highest BCUT2D eigenvalue weighted by Crippen LogP contribution is 2.34. The van der Waals surface area contributed by atoms with Crippen molar-refractivity contribution >= 4 is 0 Å². The Morgan fingerprint density at radius 3 is 2.38 bits per heavy atom. The molecule has 1 aromatic heterocycles. The van der Waals surface area contributed by atoms with E-state index in [0.29, 0.717) is 5.92 Å². The van der Waals surface area contributed by atoms with Gasteiger partial charge < -0.3 is 4.52 Å². The minimum absolute atomic E-state index is 0.672. The van der Waals surface area contributed by atoms with E-state index in [1.54, 1.807) is 0 Å². The molecule has 0 bridgehead atoms. The van der Waals surface area contributed by atoms with Crippen molar-refractivity contribution < 1.29 is 4.52 Å². The van der Waals surface area contributed by atoms with Crippen LogP contribution < -0.4 is 0 Å². The quantitative estimate of drug-likeness (QED) is 0.660. The molecule has 1 saturated carbocycles. The van der Waals surface area contributed by atoms with Crippen LogP contribution in [0.1, 0.15) is 55.0 Å². The highest BCUT2D eigenvalue weighted by molar-refractivity contribution is 5.23. The van der Waals surface area contributed by atoms with Gasteiger partial charge in [0, 0.05) is 11.5 Å². The Labute approximate surface area is 79.3 Å². The topological polar surface area (TPSA) is 26.0 Å². The highest BCUT2D eigenvalue weighted by atomic mass is 16.5. The fraction of sp³-hybridized carbons (Fsp3) is 0.727. The summed E-state index contributed by atoms with van der Waals surface area (Å²) < 4.78 is 5.20. The van der Waals surface area contributed by atoms with Crippen LogP contribution in [0.3, 0.4) is 0 Å². The van der Waals surface area contributed by atoms with Crippen LogP contribution in [0, 0.1) is 13.8 Å². The van der Waals surface area contributed by atoms with Crippen molar-refractivity contribution in [2.24, 2.45) is 0 Å². The molecule has 2 rings (SSSR count). The molecule has 72 valence electrons. The Kier molecular flexibility index (Phi) is 2.38. The Morgan fingerprint density at radius 1 is 1.15 bits per heavy atom. The molecule has 0 spiro atoms. The van der Waals surface area contributed by atoms with Gasteiger partial charge in [0.2, 0.25) is 0 Å². The minimum Gasteiger partial charge on any atom is -0.361 e. The summed E-state index contributed by atoms with van der Waals surface area (Å²) in [6, 6.07) is 0. The molecule has 13 heavy (non-hydrogen) atoms. The van der Waals surface area contributed by atoms with E-state index < -0.39 is 0 Å². The number of aryl methyl sites for hydroxylation is 1. The summed E-state index contributed by atoms with van der Waals surface area (Å²) >= 11 is 0. The maximum Gasteiger partial charge on any atom is 0.136 e. The van der Waals surface area contributed by atoms with Gasteiger partial charge in [0.05, 0.1) is 5.69 Å². The average Bonchev–Trinajstić information content (AvgIpc) is 2.49. The van der Waals surface area contributed by atoms with E-state index in [2.05, 4.69) is 12.1 Å². The lowest BCUT2D eigenvalue weighted by Crippen LogP contribution is -2.06. The first kappa shape index (κ1) is 8.79. The van der Waals surface area contributed by atoms with Gasteiger partial charge in [-0.05, 0) is 26.7 Å². The number of hydrogen-bond acceptors (Lipinski definition) is 2. The predicted octanol–water partition coefficient (Wildman–Crippen LogP) is 3.34. The summed E-state index contributed by atoms with van der Waals surface area (Å²) in [5, 5.41) is 4.16. The van der Waals surface area contributed by atoms with E-state index in [1.807, 2.05) is 6.92 Å². The first-order valence-corrected chi connectivity index (χ1v) is 5.22. The third-order valence-electron chi connectivity index (χ3n) is 3.19. The zero-order chi connectivity index (χ0) is 9.26. The molecule has 1 heterocycles. The van der Waals surface area contributed by atoms with Gasteiger partial charge >= 0.3 is 0 Å². The van der Waals surface area contributed by atoms with E-state index in [0.717, 1.165) is 5.76 Å². The summed E-state index contributed by atoms with van der Waals surface area (Å²) in [6.07, 6.45) is 6.71. The summed E-state index contributed by atoms with van der Waals surface area (Å²) in [5.74, 6) is 1.66. The normalized spacial score (nSPS) is 19.2. The standard InChI is InChI=1S/C11H17NO/c1-8-9(2)13-12-11(8)10-6-4-3-5-7-10/h10H,3-7H2,1-2H3. The molecular weight excluding hydrogens is 162 g/mol. The smallest absolute Gasteiger partial charge is 0.136 e. The van der Waals surface area contributed by atoms with Gasteiger partial charge in [0.25, 0.3) is 0 Å². The van der Waals surface area contributed by atoms with E-state index in [4.69, 9.17) is 4.52 Å². The summed E-state index contributed by atoms with van der Waals surface area (Å²) in [4.78, 5) is 0. The van der Waals surface area contributed by atoms with E-state index in [-0.39, 0.29) is 0 Å². The van der Waals surface area contributed by atoms with E-state index in [1.165, 1.54) is 43.4 Å². The summed E-state index contributed by atoms with van der Waals surface area (Å²) in [7, 11) is 0. The van der Waals surface area contributed by atoms with Crippen LogP contribution in [-0.4, -0.2) is 5.16 Å². The van der Waals surface area contributed by atoms with E-state index >= 15 is 0 Å². The second-order valence-corrected chi connectivity index (χ2v) is 4.08. The van der Waals surface area contributed by atoms with Crippen LogP contribution in [0.2, 0.25) is 0 Å². The van der Waals surface area contributed by atoms with Crippen LogP contribution in [0.25, 0.3) is 0 Å². The lowest BCUT2D eigenvalue weighted by molar-refractivity contribution is 0.367. The van der Waals surface area contributed by atoms with E-state index in [9.17, 15) is 0 Å². The molecule has 0 aliphatic heterocycles. The molecule has 0 radical (unpaired) electrons. The zero-order valence-corrected chi connectivity index (χ0v) is 8.47.